The van der Waals surface area contributed by atoms with E-state index in [1.165, 1.54) is 6.42 Å². The standard InChI is InChI=1S/C6H12NO.6CH3.2Rh/c8-6-4-2-1-3-5-7-6;;;;;;;;/h6,8H,1-5H2;6*1H3;;/q7*-1;;+3. The SMILES string of the molecule is OC1CCCCC[N-]1.[CH3-].[CH3-].[CH3-].[CH3-].[CH3-].[CH3-].[Rh+3].[Rh]. The number of aliphatic hydroxyl groups excluding tert-OH is 1. The van der Waals surface area contributed by atoms with Gasteiger partial charge in [0.2, 0.25) is 0 Å². The van der Waals surface area contributed by atoms with E-state index in [0.29, 0.717) is 0 Å². The predicted octanol–water partition coefficient (Wildman–Crippen LogP) is 3.95. The van der Waals surface area contributed by atoms with E-state index in [1.807, 2.05) is 0 Å². The molecule has 1 rings (SSSR count). The van der Waals surface area contributed by atoms with Crippen molar-refractivity contribution in [3.8, 4) is 0 Å². The van der Waals surface area contributed by atoms with Gasteiger partial charge in [-0.05, 0) is 12.6 Å². The van der Waals surface area contributed by atoms with Gasteiger partial charge < -0.3 is 55.0 Å². The molecule has 1 N–H and O–H groups in total. The molecule has 1 unspecified atom stereocenters. The summed E-state index contributed by atoms with van der Waals surface area (Å²) in [6.07, 6.45) is 4.07. The van der Waals surface area contributed by atoms with Gasteiger partial charge in [0.15, 0.2) is 0 Å². The van der Waals surface area contributed by atoms with Crippen LogP contribution in [0.2, 0.25) is 0 Å². The van der Waals surface area contributed by atoms with E-state index in [4.69, 9.17) is 5.11 Å². The van der Waals surface area contributed by atoms with E-state index >= 15 is 0 Å². The molecule has 0 spiro atoms. The van der Waals surface area contributed by atoms with E-state index in [-0.39, 0.29) is 89.7 Å². The monoisotopic (exact) mass is 410 g/mol. The van der Waals surface area contributed by atoms with Gasteiger partial charge in [0.1, 0.15) is 0 Å². The molecule has 1 atom stereocenters. The molecule has 1 saturated heterocycles. The molecular formula is C12H30NORh2-4. The van der Waals surface area contributed by atoms with Crippen LogP contribution in [0.3, 0.4) is 0 Å². The van der Waals surface area contributed by atoms with E-state index in [9.17, 15) is 0 Å². The molecule has 2 nitrogen and oxygen atoms in total. The second-order valence-electron chi connectivity index (χ2n) is 2.24. The third-order valence-corrected chi connectivity index (χ3v) is 1.46. The minimum Gasteiger partial charge on any atom is -0.637 e. The Kier molecular flexibility index (Phi) is 120. The second-order valence-corrected chi connectivity index (χ2v) is 2.24. The van der Waals surface area contributed by atoms with E-state index in [2.05, 4.69) is 5.32 Å². The first kappa shape index (κ1) is 53.4. The minimum atomic E-state index is -0.350. The van der Waals surface area contributed by atoms with Gasteiger partial charge in [-0.2, -0.15) is 0 Å². The molecule has 111 valence electrons. The van der Waals surface area contributed by atoms with Crippen molar-refractivity contribution in [2.24, 2.45) is 0 Å². The number of nitrogens with zero attached hydrogens (tertiary/aromatic N) is 1. The molecule has 0 aliphatic carbocycles. The maximum Gasteiger partial charge on any atom is 3.00 e. The van der Waals surface area contributed by atoms with E-state index in [0.717, 1.165) is 25.8 Å². The molecule has 0 bridgehead atoms. The van der Waals surface area contributed by atoms with E-state index in [1.54, 1.807) is 0 Å². The number of aliphatic hydroxyl groups is 1. The number of rotatable bonds is 0. The summed E-state index contributed by atoms with van der Waals surface area (Å²) < 4.78 is 0. The molecule has 0 aromatic heterocycles. The van der Waals surface area contributed by atoms with Crippen LogP contribution in [0.4, 0.5) is 0 Å². The topological polar surface area (TPSA) is 34.3 Å². The molecule has 0 aromatic rings. The molecular weight excluding hydrogens is 380 g/mol. The summed E-state index contributed by atoms with van der Waals surface area (Å²) >= 11 is 0. The fraction of sp³-hybridized carbons (Fsp3) is 0.500. The van der Waals surface area contributed by atoms with Crippen LogP contribution in [0.15, 0.2) is 0 Å². The average molecular weight is 410 g/mol. The van der Waals surface area contributed by atoms with Crippen LogP contribution in [0.5, 0.6) is 0 Å². The fourth-order valence-corrected chi connectivity index (χ4v) is 0.947. The molecule has 1 aliphatic rings. The Hall–Kier alpha value is 1.17. The predicted molar refractivity (Wildman–Crippen MR) is 71.2 cm³/mol. The van der Waals surface area contributed by atoms with Crippen LogP contribution >= 0.6 is 0 Å². The first-order valence-corrected chi connectivity index (χ1v) is 3.24. The zero-order chi connectivity index (χ0) is 5.82. The molecule has 1 heterocycles. The Balaban J connectivity index is -0.0000000133. The van der Waals surface area contributed by atoms with Gasteiger partial charge in [0, 0.05) is 19.5 Å². The largest absolute Gasteiger partial charge is 3.00 e. The van der Waals surface area contributed by atoms with Gasteiger partial charge in [-0.3, -0.25) is 0 Å². The summed E-state index contributed by atoms with van der Waals surface area (Å²) in [4.78, 5) is 0. The normalized spacial score (nSPS) is 15.9. The quantitative estimate of drug-likeness (QED) is 0.477. The third-order valence-electron chi connectivity index (χ3n) is 1.46. The van der Waals surface area contributed by atoms with Gasteiger partial charge in [-0.1, -0.05) is 19.3 Å². The van der Waals surface area contributed by atoms with Crippen LogP contribution in [0, 0.1) is 44.6 Å². The molecule has 0 amide bonds. The van der Waals surface area contributed by atoms with Gasteiger partial charge in [-0.25, -0.2) is 0 Å². The molecule has 1 radical (unpaired) electrons. The third kappa shape index (κ3) is 29.4. The zero-order valence-electron chi connectivity index (χ0n) is 11.7. The molecule has 1 fully saturated rings. The number of hydrogen-bond acceptors (Lipinski definition) is 1. The number of hydrogen-bond donors (Lipinski definition) is 1. The first-order chi connectivity index (χ1) is 3.89. The second kappa shape index (κ2) is 36.0. The van der Waals surface area contributed by atoms with Crippen molar-refractivity contribution >= 4 is 0 Å². The fourth-order valence-electron chi connectivity index (χ4n) is 0.947. The van der Waals surface area contributed by atoms with Crippen molar-refractivity contribution in [2.75, 3.05) is 6.54 Å². The van der Waals surface area contributed by atoms with Crippen LogP contribution in [0.25, 0.3) is 5.32 Å². The Labute approximate surface area is 132 Å². The van der Waals surface area contributed by atoms with Gasteiger partial charge in [-0.15, -0.1) is 6.54 Å². The molecule has 0 aromatic carbocycles. The van der Waals surface area contributed by atoms with Crippen molar-refractivity contribution < 1.29 is 44.1 Å². The summed E-state index contributed by atoms with van der Waals surface area (Å²) in [5.74, 6) is 0. The molecule has 0 saturated carbocycles. The maximum absolute atomic E-state index is 8.92. The Morgan fingerprint density at radius 3 is 1.69 bits per heavy atom. The summed E-state index contributed by atoms with van der Waals surface area (Å²) in [7, 11) is 0. The Morgan fingerprint density at radius 2 is 1.25 bits per heavy atom. The van der Waals surface area contributed by atoms with Crippen molar-refractivity contribution in [1.29, 1.82) is 0 Å². The van der Waals surface area contributed by atoms with Crippen LogP contribution < -0.4 is 0 Å². The van der Waals surface area contributed by atoms with Crippen molar-refractivity contribution in [3.05, 3.63) is 49.9 Å². The van der Waals surface area contributed by atoms with Crippen LogP contribution in [0.1, 0.15) is 25.7 Å². The minimum absolute atomic E-state index is 0. The smallest absolute Gasteiger partial charge is 0.637 e. The first-order valence-electron chi connectivity index (χ1n) is 3.24. The van der Waals surface area contributed by atoms with E-state index < -0.39 is 0 Å². The summed E-state index contributed by atoms with van der Waals surface area (Å²) in [6, 6.07) is 0. The molecule has 4 heteroatoms. The van der Waals surface area contributed by atoms with Crippen molar-refractivity contribution in [2.45, 2.75) is 31.9 Å². The summed E-state index contributed by atoms with van der Waals surface area (Å²) in [5.41, 5.74) is 0. The average Bonchev–Trinajstić information content (AvgIpc) is 1.94. The zero-order valence-corrected chi connectivity index (χ0v) is 15.0. The Bertz CT molecular complexity index is 68.0. The maximum atomic E-state index is 8.92. The van der Waals surface area contributed by atoms with Crippen LogP contribution in [-0.2, 0) is 39.0 Å². The summed E-state index contributed by atoms with van der Waals surface area (Å²) in [6.45, 7) is 0.862. The van der Waals surface area contributed by atoms with Crippen LogP contribution in [-0.4, -0.2) is 17.9 Å². The molecule has 16 heavy (non-hydrogen) atoms. The van der Waals surface area contributed by atoms with Crippen molar-refractivity contribution in [1.82, 2.24) is 0 Å². The summed E-state index contributed by atoms with van der Waals surface area (Å²) in [5, 5.41) is 12.9. The van der Waals surface area contributed by atoms with Crippen molar-refractivity contribution in [3.63, 3.8) is 0 Å². The van der Waals surface area contributed by atoms with Gasteiger partial charge >= 0.3 is 19.5 Å². The molecule has 1 aliphatic heterocycles. The van der Waals surface area contributed by atoms with Gasteiger partial charge in [0.25, 0.3) is 0 Å². The van der Waals surface area contributed by atoms with Gasteiger partial charge in [0.05, 0.1) is 0 Å². The Morgan fingerprint density at radius 1 is 0.812 bits per heavy atom.